The van der Waals surface area contributed by atoms with Crippen LogP contribution in [0.1, 0.15) is 138 Å². The second-order valence-electron chi connectivity index (χ2n) is 14.6. The molecule has 0 saturated carbocycles. The second-order valence-corrected chi connectivity index (χ2v) is 19.9. The maximum absolute atomic E-state index is 15.5. The Bertz CT molecular complexity index is 2530. The smallest absolute Gasteiger partial charge is 0.372 e. The Morgan fingerprint density at radius 1 is 0.500 bits per heavy atom. The quantitative estimate of drug-likeness (QED) is 0.0676. The van der Waals surface area contributed by atoms with Crippen molar-refractivity contribution in [2.75, 3.05) is 0 Å². The number of alkyl halides is 6. The number of carbonyl (C=O) groups is 5. The van der Waals surface area contributed by atoms with Crippen molar-refractivity contribution in [1.29, 1.82) is 0 Å². The number of aliphatic hydroxyl groups is 1. The molecule has 0 radical (unpaired) electrons. The molecular weight excluding hydrogens is 863 g/mol. The Hall–Kier alpha value is -3.61. The fourth-order valence-corrected chi connectivity index (χ4v) is 14.1. The molecule has 8 rings (SSSR count). The van der Waals surface area contributed by atoms with E-state index < -0.39 is 63.9 Å². The molecule has 0 amide bonds. The summed E-state index contributed by atoms with van der Waals surface area (Å²) >= 11 is 4.78. The number of Topliss-reactive ketones (excluding diaryl/α,β-unsaturated/α-hetero) is 5. The van der Waals surface area contributed by atoms with Crippen molar-refractivity contribution < 1.29 is 55.4 Å². The first-order valence-corrected chi connectivity index (χ1v) is 22.8. The van der Waals surface area contributed by atoms with Crippen LogP contribution < -0.4 is 0 Å². The minimum Gasteiger partial charge on any atom is -0.381 e. The zero-order valence-corrected chi connectivity index (χ0v) is 34.8. The number of ketones is 5. The predicted molar refractivity (Wildman–Crippen MR) is 215 cm³/mol. The molecule has 0 saturated heterocycles. The van der Waals surface area contributed by atoms with Crippen LogP contribution in [-0.2, 0) is 12.8 Å². The molecule has 5 aromatic rings. The topological polar surface area (TPSA) is 106 Å². The van der Waals surface area contributed by atoms with Crippen molar-refractivity contribution in [1.82, 2.24) is 0 Å². The largest absolute Gasteiger partial charge is 0.381 e. The molecule has 3 aliphatic carbocycles. The van der Waals surface area contributed by atoms with Crippen molar-refractivity contribution in [2.45, 2.75) is 102 Å². The summed E-state index contributed by atoms with van der Waals surface area (Å²) in [5, 5.41) is 10.3. The minimum absolute atomic E-state index is 0.111. The van der Waals surface area contributed by atoms with Crippen molar-refractivity contribution in [3.05, 3.63) is 67.4 Å². The summed E-state index contributed by atoms with van der Waals surface area (Å²) in [5.74, 6) is -20.4. The van der Waals surface area contributed by atoms with Crippen LogP contribution in [0.3, 0.4) is 0 Å². The van der Waals surface area contributed by atoms with Crippen LogP contribution in [0, 0.1) is 0 Å². The van der Waals surface area contributed by atoms with E-state index in [0.717, 1.165) is 107 Å². The van der Waals surface area contributed by atoms with Gasteiger partial charge in [0.05, 0.1) is 30.6 Å². The Morgan fingerprint density at radius 2 is 0.948 bits per heavy atom. The summed E-state index contributed by atoms with van der Waals surface area (Å²) in [6, 6.07) is 6.03. The van der Waals surface area contributed by atoms with Crippen LogP contribution in [0.4, 0.5) is 26.3 Å². The summed E-state index contributed by atoms with van der Waals surface area (Å²) in [5.41, 5.74) is -0.122. The number of unbranched alkanes of at least 4 members (excludes halogenated alkanes) is 6. The standard InChI is InChI=1S/C41H32F6O6S5/c1-3-5-7-9-11-17-13-21(54-27(17)23-15-19-29(56-23)37(52)39(42,43)33(19)48)31-25-26(36(51)41(46,47)35(25)50)32(58-31)22-14-18(12-10-8-6-4-2)28(55-22)24-16-20-30(57-24)38(53)40(44,45)34(20)49/h13-16,37,52H,3-12H2,1-2H3. The molecule has 0 aliphatic heterocycles. The number of carbonyl (C=O) groups excluding carboxylic acids is 5. The summed E-state index contributed by atoms with van der Waals surface area (Å²) in [7, 11) is 0. The third-order valence-corrected chi connectivity index (χ3v) is 17.3. The second kappa shape index (κ2) is 14.8. The first-order chi connectivity index (χ1) is 27.4. The van der Waals surface area contributed by atoms with Crippen LogP contribution in [-0.4, -0.2) is 51.8 Å². The SMILES string of the molecule is CCCCCCc1cc(-c2sc(-c3cc(CCCCCC)c(-c4cc5c(s4)C(O)C(F)(F)C5=O)s3)c3c2C(=O)C(F)(F)C3=O)sc1-c1cc2c(s1)C(=O)C(F)(F)C2=O. The van der Waals surface area contributed by atoms with E-state index in [4.69, 9.17) is 0 Å². The maximum atomic E-state index is 15.5. The van der Waals surface area contributed by atoms with Gasteiger partial charge < -0.3 is 5.11 Å². The molecule has 0 spiro atoms. The first kappa shape index (κ1) is 41.1. The average molecular weight is 895 g/mol. The van der Waals surface area contributed by atoms with Crippen LogP contribution in [0.5, 0.6) is 0 Å². The van der Waals surface area contributed by atoms with Gasteiger partial charge in [0.25, 0.3) is 5.78 Å². The summed E-state index contributed by atoms with van der Waals surface area (Å²) in [6.07, 6.45) is 5.62. The molecule has 0 aromatic carbocycles. The van der Waals surface area contributed by atoms with Gasteiger partial charge >= 0.3 is 17.8 Å². The molecule has 304 valence electrons. The van der Waals surface area contributed by atoms with E-state index in [1.807, 2.05) is 13.8 Å². The monoisotopic (exact) mass is 894 g/mol. The average Bonchev–Trinajstić information content (AvgIpc) is 4.06. The highest BCUT2D eigenvalue weighted by Gasteiger charge is 2.59. The molecular formula is C41H32F6O6S5. The lowest BCUT2D eigenvalue weighted by atomic mass is 10.0. The van der Waals surface area contributed by atoms with Gasteiger partial charge in [0.15, 0.2) is 6.10 Å². The summed E-state index contributed by atoms with van der Waals surface area (Å²) in [6.45, 7) is 4.09. The number of halogens is 6. The molecule has 3 aliphatic rings. The third-order valence-electron chi connectivity index (χ3n) is 10.7. The highest BCUT2D eigenvalue weighted by molar-refractivity contribution is 7.30. The lowest BCUT2D eigenvalue weighted by Gasteiger charge is -2.11. The summed E-state index contributed by atoms with van der Waals surface area (Å²) < 4.78 is 88.3. The lowest BCUT2D eigenvalue weighted by Crippen LogP contribution is -2.30. The number of hydrogen-bond acceptors (Lipinski definition) is 11. The number of aliphatic hydroxyl groups excluding tert-OH is 1. The van der Waals surface area contributed by atoms with E-state index in [1.165, 1.54) is 12.1 Å². The molecule has 0 bridgehead atoms. The van der Waals surface area contributed by atoms with E-state index in [0.29, 0.717) is 54.1 Å². The number of thiophene rings is 5. The Labute approximate surface area is 347 Å². The van der Waals surface area contributed by atoms with Gasteiger partial charge in [-0.2, -0.15) is 26.3 Å². The molecule has 5 aromatic heterocycles. The number of rotatable bonds is 14. The van der Waals surface area contributed by atoms with Gasteiger partial charge in [0, 0.05) is 40.4 Å². The van der Waals surface area contributed by atoms with E-state index in [9.17, 15) is 46.6 Å². The summed E-state index contributed by atoms with van der Waals surface area (Å²) in [4.78, 5) is 66.7. The van der Waals surface area contributed by atoms with Crippen LogP contribution >= 0.6 is 56.7 Å². The molecule has 0 fully saturated rings. The van der Waals surface area contributed by atoms with Crippen molar-refractivity contribution in [2.24, 2.45) is 0 Å². The highest BCUT2D eigenvalue weighted by atomic mass is 32.1. The first-order valence-electron chi connectivity index (χ1n) is 18.7. The van der Waals surface area contributed by atoms with E-state index in [-0.39, 0.29) is 30.6 Å². The lowest BCUT2D eigenvalue weighted by molar-refractivity contribution is -0.0696. The molecule has 6 nitrogen and oxygen atoms in total. The Morgan fingerprint density at radius 3 is 1.43 bits per heavy atom. The van der Waals surface area contributed by atoms with Gasteiger partial charge in [-0.05, 0) is 61.1 Å². The molecule has 58 heavy (non-hydrogen) atoms. The van der Waals surface area contributed by atoms with Crippen molar-refractivity contribution in [3.8, 4) is 39.0 Å². The van der Waals surface area contributed by atoms with Gasteiger partial charge in [0.1, 0.15) is 0 Å². The Kier molecular flexibility index (Phi) is 10.5. The third kappa shape index (κ3) is 6.28. The van der Waals surface area contributed by atoms with Gasteiger partial charge in [-0.1, -0.05) is 52.4 Å². The highest BCUT2D eigenvalue weighted by Crippen LogP contribution is 2.57. The van der Waals surface area contributed by atoms with Gasteiger partial charge in [-0.25, -0.2) is 0 Å². The Balaban J connectivity index is 1.26. The fraction of sp³-hybridized carbons (Fsp3) is 0.390. The van der Waals surface area contributed by atoms with Gasteiger partial charge in [0.2, 0.25) is 23.1 Å². The van der Waals surface area contributed by atoms with Crippen LogP contribution in [0.2, 0.25) is 0 Å². The maximum Gasteiger partial charge on any atom is 0.372 e. The van der Waals surface area contributed by atoms with Crippen molar-refractivity contribution >= 4 is 85.6 Å². The molecule has 1 N–H and O–H groups in total. The van der Waals surface area contributed by atoms with E-state index in [1.54, 1.807) is 12.1 Å². The molecule has 5 heterocycles. The normalized spacial score (nSPS) is 18.8. The van der Waals surface area contributed by atoms with Crippen molar-refractivity contribution in [3.63, 3.8) is 0 Å². The van der Waals surface area contributed by atoms with Crippen LogP contribution in [0.15, 0.2) is 24.3 Å². The zero-order valence-electron chi connectivity index (χ0n) is 30.8. The fourth-order valence-electron chi connectivity index (χ4n) is 7.60. The molecule has 1 unspecified atom stereocenters. The van der Waals surface area contributed by atoms with E-state index in [2.05, 4.69) is 0 Å². The molecule has 1 atom stereocenters. The zero-order chi connectivity index (χ0) is 41.6. The van der Waals surface area contributed by atoms with Crippen LogP contribution in [0.25, 0.3) is 39.0 Å². The van der Waals surface area contributed by atoms with Gasteiger partial charge in [-0.3, -0.25) is 24.0 Å². The number of aryl methyl sites for hydroxylation is 2. The number of hydrogen-bond donors (Lipinski definition) is 1. The number of fused-ring (bicyclic) bond motifs is 3. The molecule has 17 heteroatoms. The van der Waals surface area contributed by atoms with E-state index >= 15 is 8.78 Å². The predicted octanol–water partition coefficient (Wildman–Crippen LogP) is 12.8. The minimum atomic E-state index is -4.34. The van der Waals surface area contributed by atoms with Gasteiger partial charge in [-0.15, -0.1) is 56.7 Å².